The van der Waals surface area contributed by atoms with Crippen LogP contribution < -0.4 is 24.5 Å². The molecule has 1 N–H and O–H groups in total. The molecule has 4 aromatic rings. The molecule has 0 saturated heterocycles. The van der Waals surface area contributed by atoms with Crippen LogP contribution in [0.15, 0.2) is 41.2 Å². The molecule has 7 heteroatoms. The van der Waals surface area contributed by atoms with Gasteiger partial charge in [-0.15, -0.1) is 4.40 Å². The number of thiazole rings is 1. The van der Waals surface area contributed by atoms with Crippen LogP contribution in [0.3, 0.4) is 0 Å². The highest BCUT2D eigenvalue weighted by atomic mass is 35.5. The monoisotopic (exact) mass is 357 g/mol. The molecule has 0 bridgehead atoms. The number of rotatable bonds is 1. The fraction of sp³-hybridized carbons (Fsp3) is 0.0588. The first-order valence-corrected chi connectivity index (χ1v) is 8.46. The number of hydrogen-bond acceptors (Lipinski definition) is 4. The number of ether oxygens (including phenoxy) is 2. The Bertz CT molecular complexity index is 1230. The Morgan fingerprint density at radius 1 is 1.21 bits per heavy atom. The van der Waals surface area contributed by atoms with Crippen molar-refractivity contribution in [3.05, 3.63) is 61.9 Å². The van der Waals surface area contributed by atoms with Crippen molar-refractivity contribution in [2.24, 2.45) is 0 Å². The Balaban J connectivity index is 1.76. The van der Waals surface area contributed by atoms with E-state index in [0.29, 0.717) is 21.1 Å². The molecule has 2 aromatic heterocycles. The van der Waals surface area contributed by atoms with E-state index in [1.807, 2.05) is 24.3 Å². The molecule has 0 atom stereocenters. The molecule has 0 aliphatic carbocycles. The molecular weight excluding hydrogens is 348 g/mol. The first kappa shape index (κ1) is 13.8. The van der Waals surface area contributed by atoms with Gasteiger partial charge in [0, 0.05) is 6.07 Å². The fourth-order valence-electron chi connectivity index (χ4n) is 2.86. The average molecular weight is 358 g/mol. The lowest BCUT2D eigenvalue weighted by atomic mass is 10.2. The van der Waals surface area contributed by atoms with Crippen LogP contribution >= 0.6 is 22.9 Å². The normalized spacial score (nSPS) is 14.1. The van der Waals surface area contributed by atoms with Gasteiger partial charge in [-0.05, 0) is 41.2 Å². The van der Waals surface area contributed by atoms with Gasteiger partial charge >= 0.3 is 10.5 Å². The second-order valence-electron chi connectivity index (χ2n) is 5.43. The second kappa shape index (κ2) is 4.96. The molecule has 24 heavy (non-hydrogen) atoms. The van der Waals surface area contributed by atoms with Gasteiger partial charge in [-0.1, -0.05) is 23.7 Å². The summed E-state index contributed by atoms with van der Waals surface area (Å²) in [6, 6.07) is 11.2. The van der Waals surface area contributed by atoms with Crippen molar-refractivity contribution in [2.45, 2.75) is 0 Å². The lowest BCUT2D eigenvalue weighted by Gasteiger charge is -2.00. The van der Waals surface area contributed by atoms with Gasteiger partial charge in [0.05, 0.1) is 5.02 Å². The lowest BCUT2D eigenvalue weighted by molar-refractivity contribution is -0.308. The second-order valence-corrected chi connectivity index (χ2v) is 6.86. The first-order valence-electron chi connectivity index (χ1n) is 7.27. The smallest absolute Gasteiger partial charge is 0.357 e. The van der Waals surface area contributed by atoms with E-state index in [1.165, 1.54) is 11.3 Å². The number of aromatic nitrogens is 2. The zero-order valence-corrected chi connectivity index (χ0v) is 13.8. The van der Waals surface area contributed by atoms with E-state index in [1.54, 1.807) is 22.6 Å². The van der Waals surface area contributed by atoms with Gasteiger partial charge < -0.3 is 9.47 Å². The van der Waals surface area contributed by atoms with Gasteiger partial charge in [-0.3, -0.25) is 0 Å². The number of imidazole rings is 1. The molecule has 0 spiro atoms. The molecular formula is C17H10ClN2O3S+. The predicted molar refractivity (Wildman–Crippen MR) is 92.0 cm³/mol. The van der Waals surface area contributed by atoms with Crippen LogP contribution in [0.4, 0.5) is 0 Å². The molecule has 0 fully saturated rings. The van der Waals surface area contributed by atoms with Crippen molar-refractivity contribution in [3.63, 3.8) is 0 Å². The van der Waals surface area contributed by atoms with E-state index in [4.69, 9.17) is 21.1 Å². The van der Waals surface area contributed by atoms with E-state index in [2.05, 4.69) is 4.98 Å². The third-order valence-electron chi connectivity index (χ3n) is 3.99. The number of halogens is 1. The minimum absolute atomic E-state index is 0.0683. The maximum atomic E-state index is 12.8. The number of fused-ring (bicyclic) bond motifs is 4. The quantitative estimate of drug-likeness (QED) is 0.525. The maximum Gasteiger partial charge on any atom is 0.357 e. The molecule has 0 saturated carbocycles. The number of hydrogen-bond donors (Lipinski definition) is 0. The van der Waals surface area contributed by atoms with Gasteiger partial charge in [-0.25, -0.2) is 9.78 Å². The summed E-state index contributed by atoms with van der Waals surface area (Å²) in [7, 11) is 0. The molecule has 3 heterocycles. The van der Waals surface area contributed by atoms with E-state index >= 15 is 0 Å². The Morgan fingerprint density at radius 3 is 2.88 bits per heavy atom. The van der Waals surface area contributed by atoms with Crippen molar-refractivity contribution in [3.8, 4) is 11.5 Å². The van der Waals surface area contributed by atoms with Crippen molar-refractivity contribution < 1.29 is 14.5 Å². The summed E-state index contributed by atoms with van der Waals surface area (Å²) in [5, 5.41) is 0.519. The van der Waals surface area contributed by atoms with E-state index < -0.39 is 0 Å². The van der Waals surface area contributed by atoms with Gasteiger partial charge in [0.1, 0.15) is 4.53 Å². The number of nitrogens with one attached hydrogen (secondary N) is 1. The highest BCUT2D eigenvalue weighted by molar-refractivity contribution is 7.14. The third kappa shape index (κ3) is 1.93. The summed E-state index contributed by atoms with van der Waals surface area (Å²) in [5.41, 5.74) is 2.46. The van der Waals surface area contributed by atoms with E-state index in [0.717, 1.165) is 21.6 Å². The van der Waals surface area contributed by atoms with Gasteiger partial charge in [-0.2, -0.15) is 0 Å². The highest BCUT2D eigenvalue weighted by Gasteiger charge is 2.19. The summed E-state index contributed by atoms with van der Waals surface area (Å²) in [5.74, 6) is 1.26. The molecule has 0 unspecified atom stereocenters. The first-order chi connectivity index (χ1) is 11.7. The van der Waals surface area contributed by atoms with Crippen LogP contribution in [0.2, 0.25) is 5.02 Å². The van der Waals surface area contributed by atoms with Gasteiger partial charge in [0.2, 0.25) is 6.79 Å². The van der Waals surface area contributed by atoms with Crippen LogP contribution in [0.1, 0.15) is 5.56 Å². The molecule has 1 aliphatic heterocycles. The summed E-state index contributed by atoms with van der Waals surface area (Å²) in [4.78, 5) is 16.8. The zero-order valence-electron chi connectivity index (χ0n) is 12.2. The highest BCUT2D eigenvalue weighted by Crippen LogP contribution is 2.37. The minimum atomic E-state index is -0.0683. The van der Waals surface area contributed by atoms with Crippen molar-refractivity contribution in [1.29, 1.82) is 0 Å². The average Bonchev–Trinajstić information content (AvgIpc) is 3.23. The summed E-state index contributed by atoms with van der Waals surface area (Å²) < 4.78 is 13.0. The number of benzene rings is 2. The molecule has 5 nitrogen and oxygen atoms in total. The topological polar surface area (TPSA) is 54.1 Å². The summed E-state index contributed by atoms with van der Waals surface area (Å²) >= 11 is 7.69. The standard InChI is InChI=1S/C17H9ClN2O3S/c18-10-7-14-13(22-8-23-14)5-9(10)6-15-16(21)20-12-4-2-1-3-11(12)19-17(20)24-15/h1-7H,8H2/p+1. The number of nitrogens with zero attached hydrogens (tertiary/aromatic N) is 1. The Labute approximate surface area is 144 Å². The van der Waals surface area contributed by atoms with Crippen LogP contribution in [0.5, 0.6) is 11.5 Å². The van der Waals surface area contributed by atoms with Gasteiger partial charge in [0.15, 0.2) is 22.5 Å². The van der Waals surface area contributed by atoms with Crippen LogP contribution in [0.25, 0.3) is 22.1 Å². The molecule has 0 amide bonds. The van der Waals surface area contributed by atoms with Crippen LogP contribution in [0, 0.1) is 0 Å². The number of para-hydroxylation sites is 2. The Hall–Kier alpha value is -2.57. The molecule has 1 aliphatic rings. The van der Waals surface area contributed by atoms with E-state index in [-0.39, 0.29) is 12.4 Å². The minimum Gasteiger partial charge on any atom is -0.454 e. The molecule has 2 aromatic carbocycles. The molecule has 0 radical (unpaired) electrons. The Kier molecular flexibility index (Phi) is 2.86. The number of aromatic amines is 1. The Morgan fingerprint density at radius 2 is 2.00 bits per heavy atom. The lowest BCUT2D eigenvalue weighted by Crippen LogP contribution is -2.22. The predicted octanol–water partition coefficient (Wildman–Crippen LogP) is 2.26. The summed E-state index contributed by atoms with van der Waals surface area (Å²) in [6.45, 7) is 0.186. The third-order valence-corrected chi connectivity index (χ3v) is 5.31. The van der Waals surface area contributed by atoms with Crippen molar-refractivity contribution in [1.82, 2.24) is 4.40 Å². The van der Waals surface area contributed by atoms with Crippen molar-refractivity contribution >= 4 is 45.0 Å². The van der Waals surface area contributed by atoms with Crippen LogP contribution in [-0.4, -0.2) is 11.2 Å². The largest absolute Gasteiger partial charge is 0.454 e. The molecule has 5 rings (SSSR count). The van der Waals surface area contributed by atoms with E-state index in [9.17, 15) is 4.79 Å². The number of H-pyrrole nitrogens is 1. The fourth-order valence-corrected chi connectivity index (χ4v) is 4.08. The van der Waals surface area contributed by atoms with Crippen LogP contribution in [-0.2, 0) is 0 Å². The maximum absolute atomic E-state index is 12.8. The van der Waals surface area contributed by atoms with Crippen molar-refractivity contribution in [2.75, 3.05) is 6.79 Å². The van der Waals surface area contributed by atoms with Gasteiger partial charge in [0.25, 0.3) is 0 Å². The zero-order chi connectivity index (χ0) is 16.3. The molecule has 118 valence electrons. The summed E-state index contributed by atoms with van der Waals surface area (Å²) in [6.07, 6.45) is 1.78. The SMILES string of the molecule is O=c1c(=Cc2cc3c(cc2Cl)OCO3)sc2[nH+]c3ccccc3n12.